The van der Waals surface area contributed by atoms with Crippen LogP contribution in [0, 0.1) is 11.6 Å². The zero-order valence-corrected chi connectivity index (χ0v) is 12.5. The van der Waals surface area contributed by atoms with Crippen molar-refractivity contribution >= 4 is 32.9 Å². The molecule has 1 aromatic heterocycles. The Morgan fingerprint density at radius 3 is 2.62 bits per heavy atom. The molecule has 0 spiro atoms. The lowest BCUT2D eigenvalue weighted by Crippen LogP contribution is -2.01. The van der Waals surface area contributed by atoms with Crippen LogP contribution in [-0.2, 0) is 0 Å². The quantitative estimate of drug-likeness (QED) is 0.764. The number of methoxy groups -OCH3 is 1. The minimum atomic E-state index is -0.516. The van der Waals surface area contributed by atoms with Gasteiger partial charge in [-0.1, -0.05) is 0 Å². The average molecular weight is 354 g/mol. The van der Waals surface area contributed by atoms with Gasteiger partial charge in [0.25, 0.3) is 0 Å². The van der Waals surface area contributed by atoms with Gasteiger partial charge in [-0.25, -0.2) is 13.8 Å². The number of imidazole rings is 1. The Hall–Kier alpha value is -2.15. The Morgan fingerprint density at radius 2 is 1.95 bits per heavy atom. The van der Waals surface area contributed by atoms with Crippen LogP contribution in [0.1, 0.15) is 0 Å². The normalized spacial score (nSPS) is 11.0. The predicted molar refractivity (Wildman–Crippen MR) is 79.7 cm³/mol. The summed E-state index contributed by atoms with van der Waals surface area (Å²) in [7, 11) is 1.39. The van der Waals surface area contributed by atoms with Gasteiger partial charge in [0.2, 0.25) is 5.95 Å². The van der Waals surface area contributed by atoms with Gasteiger partial charge in [0, 0.05) is 12.1 Å². The number of aromatic nitrogens is 2. The first kappa shape index (κ1) is 13.8. The lowest BCUT2D eigenvalue weighted by Gasteiger charge is -2.09. The Bertz CT molecular complexity index is 848. The van der Waals surface area contributed by atoms with Gasteiger partial charge < -0.3 is 10.5 Å². The number of halogens is 3. The highest BCUT2D eigenvalue weighted by atomic mass is 79.9. The van der Waals surface area contributed by atoms with E-state index in [0.717, 1.165) is 0 Å². The van der Waals surface area contributed by atoms with Gasteiger partial charge in [0.15, 0.2) is 11.6 Å². The third kappa shape index (κ3) is 2.23. The molecule has 0 aliphatic heterocycles. The van der Waals surface area contributed by atoms with E-state index >= 15 is 0 Å². The summed E-state index contributed by atoms with van der Waals surface area (Å²) in [5.74, 6) is -0.675. The molecule has 0 atom stereocenters. The lowest BCUT2D eigenvalue weighted by atomic mass is 10.2. The van der Waals surface area contributed by atoms with Crippen molar-refractivity contribution in [2.24, 2.45) is 0 Å². The topological polar surface area (TPSA) is 53.1 Å². The summed E-state index contributed by atoms with van der Waals surface area (Å²) >= 11 is 3.12. The Labute approximate surface area is 127 Å². The molecule has 0 unspecified atom stereocenters. The summed E-state index contributed by atoms with van der Waals surface area (Å²) in [6.45, 7) is 0. The highest BCUT2D eigenvalue weighted by Gasteiger charge is 2.14. The van der Waals surface area contributed by atoms with Gasteiger partial charge >= 0.3 is 0 Å². The van der Waals surface area contributed by atoms with E-state index in [1.165, 1.54) is 25.3 Å². The summed E-state index contributed by atoms with van der Waals surface area (Å²) in [5.41, 5.74) is 7.31. The number of benzene rings is 2. The van der Waals surface area contributed by atoms with Crippen LogP contribution in [0.15, 0.2) is 34.8 Å². The van der Waals surface area contributed by atoms with Crippen LogP contribution < -0.4 is 10.5 Å². The van der Waals surface area contributed by atoms with Crippen molar-refractivity contribution in [3.8, 4) is 11.4 Å². The molecular formula is C14H10BrF2N3O. The van der Waals surface area contributed by atoms with E-state index in [4.69, 9.17) is 10.5 Å². The molecule has 2 aromatic carbocycles. The molecule has 21 heavy (non-hydrogen) atoms. The van der Waals surface area contributed by atoms with Crippen molar-refractivity contribution in [3.05, 3.63) is 46.4 Å². The molecule has 2 N–H and O–H groups in total. The van der Waals surface area contributed by atoms with E-state index in [1.807, 2.05) is 0 Å². The molecule has 1 heterocycles. The van der Waals surface area contributed by atoms with Crippen molar-refractivity contribution in [1.29, 1.82) is 0 Å². The summed E-state index contributed by atoms with van der Waals surface area (Å²) in [5, 5.41) is 0. The van der Waals surface area contributed by atoms with Gasteiger partial charge in [-0.3, -0.25) is 4.57 Å². The molecule has 0 fully saturated rings. The third-order valence-electron chi connectivity index (χ3n) is 3.12. The van der Waals surface area contributed by atoms with Gasteiger partial charge in [0.1, 0.15) is 5.82 Å². The van der Waals surface area contributed by atoms with E-state index in [0.29, 0.717) is 16.7 Å². The monoisotopic (exact) mass is 353 g/mol. The fraction of sp³-hybridized carbons (Fsp3) is 0.0714. The number of nitrogens with two attached hydrogens (primary N) is 1. The number of fused-ring (bicyclic) bond motifs is 1. The van der Waals surface area contributed by atoms with Crippen LogP contribution in [0.2, 0.25) is 0 Å². The molecule has 7 heteroatoms. The first-order valence-electron chi connectivity index (χ1n) is 5.98. The first-order chi connectivity index (χ1) is 10.0. The minimum Gasteiger partial charge on any atom is -0.494 e. The van der Waals surface area contributed by atoms with E-state index in [2.05, 4.69) is 20.9 Å². The maximum Gasteiger partial charge on any atom is 0.205 e. The van der Waals surface area contributed by atoms with Crippen LogP contribution in [0.3, 0.4) is 0 Å². The van der Waals surface area contributed by atoms with Gasteiger partial charge in [-0.2, -0.15) is 0 Å². The molecule has 108 valence electrons. The molecule has 3 rings (SSSR count). The highest BCUT2D eigenvalue weighted by molar-refractivity contribution is 9.10. The van der Waals surface area contributed by atoms with Gasteiger partial charge in [-0.15, -0.1) is 0 Å². The van der Waals surface area contributed by atoms with Crippen LogP contribution in [0.5, 0.6) is 5.75 Å². The summed E-state index contributed by atoms with van der Waals surface area (Å²) in [6.07, 6.45) is 0. The smallest absolute Gasteiger partial charge is 0.205 e. The largest absolute Gasteiger partial charge is 0.494 e. The van der Waals surface area contributed by atoms with E-state index in [1.54, 1.807) is 16.7 Å². The molecule has 0 bridgehead atoms. The molecule has 3 aromatic rings. The second-order valence-electron chi connectivity index (χ2n) is 4.38. The molecular weight excluding hydrogens is 344 g/mol. The summed E-state index contributed by atoms with van der Waals surface area (Å²) in [6, 6.07) is 7.25. The standard InChI is InChI=1S/C14H10BrF2N3O/c1-21-13-3-2-7(4-10(13)17)20-12-5-8(15)9(16)6-11(12)19-14(20)18/h2-6H,1H3,(H2,18,19). The van der Waals surface area contributed by atoms with E-state index in [9.17, 15) is 8.78 Å². The zero-order valence-electron chi connectivity index (χ0n) is 10.9. The number of rotatable bonds is 2. The zero-order chi connectivity index (χ0) is 15.1. The number of nitrogens with zero attached hydrogens (tertiary/aromatic N) is 2. The molecule has 0 saturated carbocycles. The second-order valence-corrected chi connectivity index (χ2v) is 5.23. The second kappa shape index (κ2) is 5.00. The fourth-order valence-electron chi connectivity index (χ4n) is 2.16. The molecule has 4 nitrogen and oxygen atoms in total. The van der Waals surface area contributed by atoms with Crippen molar-refractivity contribution in [1.82, 2.24) is 9.55 Å². The van der Waals surface area contributed by atoms with Crippen molar-refractivity contribution in [2.45, 2.75) is 0 Å². The van der Waals surface area contributed by atoms with Crippen LogP contribution in [-0.4, -0.2) is 16.7 Å². The molecule has 0 amide bonds. The number of hydrogen-bond donors (Lipinski definition) is 1. The van der Waals surface area contributed by atoms with Crippen molar-refractivity contribution < 1.29 is 13.5 Å². The maximum atomic E-state index is 13.8. The highest BCUT2D eigenvalue weighted by Crippen LogP contribution is 2.29. The SMILES string of the molecule is COc1ccc(-n2c(N)nc3cc(F)c(Br)cc32)cc1F. The van der Waals surface area contributed by atoms with Crippen molar-refractivity contribution in [3.63, 3.8) is 0 Å². The first-order valence-corrected chi connectivity index (χ1v) is 6.77. The van der Waals surface area contributed by atoms with Crippen molar-refractivity contribution in [2.75, 3.05) is 12.8 Å². The number of nitrogen functional groups attached to an aromatic ring is 1. The predicted octanol–water partition coefficient (Wildman–Crippen LogP) is 3.66. The third-order valence-corrected chi connectivity index (χ3v) is 3.72. The number of hydrogen-bond acceptors (Lipinski definition) is 3. The Morgan fingerprint density at radius 1 is 1.19 bits per heavy atom. The van der Waals surface area contributed by atoms with E-state index in [-0.39, 0.29) is 16.2 Å². The number of ether oxygens (including phenoxy) is 1. The number of anilines is 1. The van der Waals surface area contributed by atoms with Crippen LogP contribution in [0.4, 0.5) is 14.7 Å². The molecule has 0 saturated heterocycles. The summed E-state index contributed by atoms with van der Waals surface area (Å²) in [4.78, 5) is 4.09. The van der Waals surface area contributed by atoms with E-state index < -0.39 is 11.6 Å². The average Bonchev–Trinajstić information content (AvgIpc) is 2.74. The maximum absolute atomic E-state index is 13.8. The fourth-order valence-corrected chi connectivity index (χ4v) is 2.49. The van der Waals surface area contributed by atoms with Gasteiger partial charge in [-0.05, 0) is 34.1 Å². The molecule has 0 radical (unpaired) electrons. The van der Waals surface area contributed by atoms with Crippen LogP contribution >= 0.6 is 15.9 Å². The van der Waals surface area contributed by atoms with Crippen LogP contribution in [0.25, 0.3) is 16.7 Å². The molecule has 0 aliphatic rings. The lowest BCUT2D eigenvalue weighted by molar-refractivity contribution is 0.386. The van der Waals surface area contributed by atoms with Gasteiger partial charge in [0.05, 0.1) is 28.3 Å². The summed E-state index contributed by atoms with van der Waals surface area (Å²) < 4.78 is 34.1. The molecule has 0 aliphatic carbocycles. The Balaban J connectivity index is 2.27. The Kier molecular flexibility index (Phi) is 3.29. The minimum absolute atomic E-state index is 0.133.